The number of carbonyl (C=O) groups is 1. The van der Waals surface area contributed by atoms with Crippen molar-refractivity contribution in [1.82, 2.24) is 10.2 Å². The van der Waals surface area contributed by atoms with E-state index < -0.39 is 0 Å². The molecule has 1 rings (SSSR count). The summed E-state index contributed by atoms with van der Waals surface area (Å²) in [7, 11) is 0. The van der Waals surface area contributed by atoms with Gasteiger partial charge in [0, 0.05) is 38.2 Å². The number of carbonyl (C=O) groups excluding carboxylic acids is 1. The summed E-state index contributed by atoms with van der Waals surface area (Å²) in [6.45, 7) is 5.63. The van der Waals surface area contributed by atoms with Gasteiger partial charge in [-0.2, -0.15) is 0 Å². The summed E-state index contributed by atoms with van der Waals surface area (Å²) in [4.78, 5) is 13.7. The molecule has 94 valence electrons. The van der Waals surface area contributed by atoms with Crippen molar-refractivity contribution in [3.05, 3.63) is 0 Å². The van der Waals surface area contributed by atoms with E-state index in [1.807, 2.05) is 18.7 Å². The van der Waals surface area contributed by atoms with Crippen LogP contribution in [0.4, 0.5) is 0 Å². The zero-order valence-corrected chi connectivity index (χ0v) is 10.4. The number of aliphatic hydroxyl groups excluding tert-OH is 1. The van der Waals surface area contributed by atoms with Crippen LogP contribution >= 0.6 is 0 Å². The van der Waals surface area contributed by atoms with Crippen LogP contribution < -0.4 is 5.32 Å². The van der Waals surface area contributed by atoms with Gasteiger partial charge in [-0.05, 0) is 33.1 Å². The molecule has 0 atom stereocenters. The maximum atomic E-state index is 11.9. The number of aliphatic hydroxyl groups is 1. The molecular formula is C12H24N2O2. The minimum Gasteiger partial charge on any atom is -0.396 e. The molecule has 0 spiro atoms. The van der Waals surface area contributed by atoms with Crippen LogP contribution in [0.5, 0.6) is 0 Å². The fraction of sp³-hybridized carbons (Fsp3) is 0.917. The van der Waals surface area contributed by atoms with Gasteiger partial charge in [0.05, 0.1) is 0 Å². The highest BCUT2D eigenvalue weighted by Gasteiger charge is 2.21. The quantitative estimate of drug-likeness (QED) is 0.644. The molecule has 16 heavy (non-hydrogen) atoms. The third-order valence-electron chi connectivity index (χ3n) is 2.85. The van der Waals surface area contributed by atoms with Crippen LogP contribution in [-0.4, -0.2) is 47.7 Å². The largest absolute Gasteiger partial charge is 0.396 e. The molecule has 1 aliphatic carbocycles. The standard InChI is InChI=1S/C12H24N2O2/c1-10(2)14(8-3-9-15)12(16)6-7-13-11-4-5-11/h10-11,13,15H,3-9H2,1-2H3. The molecule has 0 aromatic heterocycles. The third-order valence-corrected chi connectivity index (χ3v) is 2.85. The van der Waals surface area contributed by atoms with Crippen LogP contribution in [0, 0.1) is 0 Å². The fourth-order valence-corrected chi connectivity index (χ4v) is 1.73. The molecule has 0 saturated heterocycles. The molecule has 0 bridgehead atoms. The fourth-order valence-electron chi connectivity index (χ4n) is 1.73. The maximum absolute atomic E-state index is 11.9. The lowest BCUT2D eigenvalue weighted by Crippen LogP contribution is -2.39. The van der Waals surface area contributed by atoms with Gasteiger partial charge >= 0.3 is 0 Å². The molecule has 0 unspecified atom stereocenters. The van der Waals surface area contributed by atoms with Gasteiger partial charge in [0.2, 0.25) is 5.91 Å². The molecule has 0 heterocycles. The SMILES string of the molecule is CC(C)N(CCCO)C(=O)CCNC1CC1. The van der Waals surface area contributed by atoms with E-state index in [4.69, 9.17) is 5.11 Å². The summed E-state index contributed by atoms with van der Waals surface area (Å²) in [5.74, 6) is 0.191. The first-order valence-corrected chi connectivity index (χ1v) is 6.29. The molecule has 4 heteroatoms. The summed E-state index contributed by atoms with van der Waals surface area (Å²) in [6.07, 6.45) is 3.75. The molecule has 4 nitrogen and oxygen atoms in total. The van der Waals surface area contributed by atoms with Crippen molar-refractivity contribution in [1.29, 1.82) is 0 Å². The number of nitrogens with zero attached hydrogens (tertiary/aromatic N) is 1. The van der Waals surface area contributed by atoms with E-state index in [1.54, 1.807) is 0 Å². The minimum atomic E-state index is 0.150. The molecule has 2 N–H and O–H groups in total. The Morgan fingerprint density at radius 3 is 2.69 bits per heavy atom. The molecule has 1 amide bonds. The monoisotopic (exact) mass is 228 g/mol. The van der Waals surface area contributed by atoms with Crippen molar-refractivity contribution in [2.75, 3.05) is 19.7 Å². The number of amides is 1. The van der Waals surface area contributed by atoms with E-state index in [1.165, 1.54) is 12.8 Å². The lowest BCUT2D eigenvalue weighted by molar-refractivity contribution is -0.132. The first-order valence-electron chi connectivity index (χ1n) is 6.29. The molecule has 1 saturated carbocycles. The summed E-state index contributed by atoms with van der Waals surface area (Å²) in [6, 6.07) is 0.887. The highest BCUT2D eigenvalue weighted by Crippen LogP contribution is 2.18. The van der Waals surface area contributed by atoms with Crippen molar-refractivity contribution in [3.8, 4) is 0 Å². The molecule has 1 fully saturated rings. The van der Waals surface area contributed by atoms with Crippen LogP contribution in [0.3, 0.4) is 0 Å². The van der Waals surface area contributed by atoms with Gasteiger partial charge in [0.1, 0.15) is 0 Å². The average molecular weight is 228 g/mol. The molecular weight excluding hydrogens is 204 g/mol. The number of rotatable bonds is 8. The Morgan fingerprint density at radius 2 is 2.19 bits per heavy atom. The summed E-state index contributed by atoms with van der Waals surface area (Å²) >= 11 is 0. The highest BCUT2D eigenvalue weighted by molar-refractivity contribution is 5.76. The Hall–Kier alpha value is -0.610. The Kier molecular flexibility index (Phi) is 5.77. The van der Waals surface area contributed by atoms with Gasteiger partial charge in [0.15, 0.2) is 0 Å². The lowest BCUT2D eigenvalue weighted by atomic mass is 10.2. The van der Waals surface area contributed by atoms with E-state index in [-0.39, 0.29) is 18.6 Å². The molecule has 0 aliphatic heterocycles. The van der Waals surface area contributed by atoms with E-state index in [0.717, 1.165) is 6.54 Å². The number of hydrogen-bond acceptors (Lipinski definition) is 3. The smallest absolute Gasteiger partial charge is 0.224 e. The molecule has 0 aromatic carbocycles. The zero-order valence-electron chi connectivity index (χ0n) is 10.4. The predicted molar refractivity (Wildman–Crippen MR) is 64.2 cm³/mol. The number of hydrogen-bond donors (Lipinski definition) is 2. The zero-order chi connectivity index (χ0) is 12.0. The van der Waals surface area contributed by atoms with E-state index in [0.29, 0.717) is 25.4 Å². The molecule has 0 radical (unpaired) electrons. The van der Waals surface area contributed by atoms with Gasteiger partial charge in [-0.15, -0.1) is 0 Å². The summed E-state index contributed by atoms with van der Waals surface area (Å²) in [5, 5.41) is 12.1. The second-order valence-electron chi connectivity index (χ2n) is 4.74. The topological polar surface area (TPSA) is 52.6 Å². The van der Waals surface area contributed by atoms with Crippen LogP contribution in [0.2, 0.25) is 0 Å². The third kappa shape index (κ3) is 4.94. The second kappa shape index (κ2) is 6.86. The summed E-state index contributed by atoms with van der Waals surface area (Å²) in [5.41, 5.74) is 0. The van der Waals surface area contributed by atoms with Gasteiger partial charge in [-0.3, -0.25) is 4.79 Å². The molecule has 1 aliphatic rings. The van der Waals surface area contributed by atoms with Crippen LogP contribution in [0.25, 0.3) is 0 Å². The number of nitrogens with one attached hydrogen (secondary N) is 1. The first kappa shape index (κ1) is 13.5. The second-order valence-corrected chi connectivity index (χ2v) is 4.74. The van der Waals surface area contributed by atoms with Gasteiger partial charge in [-0.1, -0.05) is 0 Å². The van der Waals surface area contributed by atoms with Crippen LogP contribution in [0.15, 0.2) is 0 Å². The van der Waals surface area contributed by atoms with E-state index in [2.05, 4.69) is 5.32 Å². The van der Waals surface area contributed by atoms with Gasteiger partial charge in [0.25, 0.3) is 0 Å². The van der Waals surface area contributed by atoms with Gasteiger partial charge < -0.3 is 15.3 Å². The van der Waals surface area contributed by atoms with Crippen molar-refractivity contribution in [3.63, 3.8) is 0 Å². The average Bonchev–Trinajstić information content (AvgIpc) is 3.02. The van der Waals surface area contributed by atoms with Crippen molar-refractivity contribution in [2.24, 2.45) is 0 Å². The molecule has 0 aromatic rings. The van der Waals surface area contributed by atoms with Crippen molar-refractivity contribution >= 4 is 5.91 Å². The highest BCUT2D eigenvalue weighted by atomic mass is 16.3. The normalized spacial score (nSPS) is 15.5. The predicted octanol–water partition coefficient (Wildman–Crippen LogP) is 0.748. The van der Waals surface area contributed by atoms with Gasteiger partial charge in [-0.25, -0.2) is 0 Å². The maximum Gasteiger partial charge on any atom is 0.224 e. The minimum absolute atomic E-state index is 0.150. The van der Waals surface area contributed by atoms with E-state index >= 15 is 0 Å². The Labute approximate surface area is 98.0 Å². The Bertz CT molecular complexity index is 215. The first-order chi connectivity index (χ1) is 7.65. The van der Waals surface area contributed by atoms with Crippen LogP contribution in [0.1, 0.15) is 39.5 Å². The van der Waals surface area contributed by atoms with Crippen LogP contribution in [-0.2, 0) is 4.79 Å². The Balaban J connectivity index is 2.21. The van der Waals surface area contributed by atoms with E-state index in [9.17, 15) is 4.79 Å². The van der Waals surface area contributed by atoms with Crippen molar-refractivity contribution in [2.45, 2.75) is 51.6 Å². The summed E-state index contributed by atoms with van der Waals surface area (Å²) < 4.78 is 0. The van der Waals surface area contributed by atoms with Crippen molar-refractivity contribution < 1.29 is 9.90 Å². The Morgan fingerprint density at radius 1 is 1.50 bits per heavy atom. The lowest BCUT2D eigenvalue weighted by Gasteiger charge is -2.26.